The van der Waals surface area contributed by atoms with Crippen molar-refractivity contribution in [3.8, 4) is 6.07 Å². The standard InChI is InChI=1S/C17H18N4O/c1-21(9-10-22-2)17-8-5-14(12-20-17)3-6-16-7-4-15(11-18)13-19-16/h3-8,12-13H,9-10H2,1-2H3/b6-3+. The Morgan fingerprint density at radius 1 is 1.18 bits per heavy atom. The Bertz CT molecular complexity index is 657. The maximum absolute atomic E-state index is 8.73. The summed E-state index contributed by atoms with van der Waals surface area (Å²) in [4.78, 5) is 10.7. The predicted molar refractivity (Wildman–Crippen MR) is 87.3 cm³/mol. The molecule has 5 heteroatoms. The quantitative estimate of drug-likeness (QED) is 0.819. The number of nitriles is 1. The van der Waals surface area contributed by atoms with Crippen molar-refractivity contribution in [1.29, 1.82) is 5.26 Å². The van der Waals surface area contributed by atoms with Crippen LogP contribution in [0.2, 0.25) is 0 Å². The van der Waals surface area contributed by atoms with Crippen LogP contribution >= 0.6 is 0 Å². The Hall–Kier alpha value is -2.71. The maximum atomic E-state index is 8.73. The summed E-state index contributed by atoms with van der Waals surface area (Å²) in [5.41, 5.74) is 2.36. The number of methoxy groups -OCH3 is 1. The first-order chi connectivity index (χ1) is 10.7. The number of ether oxygens (including phenoxy) is 1. The van der Waals surface area contributed by atoms with Crippen LogP contribution in [0.25, 0.3) is 12.2 Å². The number of likely N-dealkylation sites (N-methyl/N-ethyl adjacent to an activating group) is 1. The molecule has 0 aliphatic rings. The monoisotopic (exact) mass is 294 g/mol. The molecule has 0 spiro atoms. The summed E-state index contributed by atoms with van der Waals surface area (Å²) in [5.74, 6) is 0.908. The van der Waals surface area contributed by atoms with Gasteiger partial charge in [-0.2, -0.15) is 5.26 Å². The van der Waals surface area contributed by atoms with E-state index >= 15 is 0 Å². The summed E-state index contributed by atoms with van der Waals surface area (Å²) in [6.07, 6.45) is 7.22. The van der Waals surface area contributed by atoms with Gasteiger partial charge >= 0.3 is 0 Å². The lowest BCUT2D eigenvalue weighted by atomic mass is 10.2. The Balaban J connectivity index is 2.01. The Morgan fingerprint density at radius 2 is 2.05 bits per heavy atom. The fraction of sp³-hybridized carbons (Fsp3) is 0.235. The van der Waals surface area contributed by atoms with Gasteiger partial charge in [-0.15, -0.1) is 0 Å². The lowest BCUT2D eigenvalue weighted by molar-refractivity contribution is 0.206. The molecule has 0 atom stereocenters. The van der Waals surface area contributed by atoms with E-state index in [0.29, 0.717) is 12.2 Å². The van der Waals surface area contributed by atoms with Crippen LogP contribution in [0.5, 0.6) is 0 Å². The number of pyridine rings is 2. The lowest BCUT2D eigenvalue weighted by Crippen LogP contribution is -2.22. The highest BCUT2D eigenvalue weighted by atomic mass is 16.5. The lowest BCUT2D eigenvalue weighted by Gasteiger charge is -2.17. The minimum Gasteiger partial charge on any atom is -0.383 e. The molecule has 5 nitrogen and oxygen atoms in total. The summed E-state index contributed by atoms with van der Waals surface area (Å²) in [5, 5.41) is 8.73. The highest BCUT2D eigenvalue weighted by Gasteiger charge is 2.01. The van der Waals surface area contributed by atoms with E-state index in [9.17, 15) is 0 Å². The van der Waals surface area contributed by atoms with Crippen molar-refractivity contribution in [2.45, 2.75) is 0 Å². The van der Waals surface area contributed by atoms with Crippen LogP contribution in [0.1, 0.15) is 16.8 Å². The van der Waals surface area contributed by atoms with Crippen LogP contribution in [0.3, 0.4) is 0 Å². The predicted octanol–water partition coefficient (Wildman–Crippen LogP) is 2.60. The summed E-state index contributed by atoms with van der Waals surface area (Å²) in [6, 6.07) is 9.59. The number of aromatic nitrogens is 2. The number of nitrogens with zero attached hydrogens (tertiary/aromatic N) is 4. The van der Waals surface area contributed by atoms with Crippen molar-refractivity contribution in [1.82, 2.24) is 9.97 Å². The van der Waals surface area contributed by atoms with E-state index < -0.39 is 0 Å². The fourth-order valence-electron chi connectivity index (χ4n) is 1.82. The second-order valence-electron chi connectivity index (χ2n) is 4.78. The summed E-state index contributed by atoms with van der Waals surface area (Å²) >= 11 is 0. The number of anilines is 1. The molecule has 2 aromatic rings. The number of rotatable bonds is 6. The van der Waals surface area contributed by atoms with Crippen molar-refractivity contribution in [2.75, 3.05) is 32.2 Å². The first-order valence-corrected chi connectivity index (χ1v) is 6.93. The normalized spacial score (nSPS) is 10.6. The molecule has 112 valence electrons. The first-order valence-electron chi connectivity index (χ1n) is 6.93. The van der Waals surface area contributed by atoms with Gasteiger partial charge in [-0.25, -0.2) is 4.98 Å². The molecular formula is C17H18N4O. The molecule has 0 aromatic carbocycles. The maximum Gasteiger partial charge on any atom is 0.128 e. The van der Waals surface area contributed by atoms with Crippen molar-refractivity contribution >= 4 is 18.0 Å². The highest BCUT2D eigenvalue weighted by Crippen LogP contribution is 2.12. The average Bonchev–Trinajstić information content (AvgIpc) is 2.58. The molecule has 22 heavy (non-hydrogen) atoms. The molecule has 0 amide bonds. The third-order valence-corrected chi connectivity index (χ3v) is 3.15. The minimum atomic E-state index is 0.558. The van der Waals surface area contributed by atoms with Crippen molar-refractivity contribution < 1.29 is 4.74 Å². The van der Waals surface area contributed by atoms with Gasteiger partial charge in [0.2, 0.25) is 0 Å². The molecule has 0 unspecified atom stereocenters. The Kier molecular flexibility index (Phi) is 5.64. The van der Waals surface area contributed by atoms with Gasteiger partial charge in [-0.3, -0.25) is 4.98 Å². The minimum absolute atomic E-state index is 0.558. The van der Waals surface area contributed by atoms with E-state index in [2.05, 4.69) is 9.97 Å². The molecule has 0 radical (unpaired) electrons. The molecule has 2 aromatic heterocycles. The van der Waals surface area contributed by atoms with Gasteiger partial charge in [0.15, 0.2) is 0 Å². The van der Waals surface area contributed by atoms with Crippen molar-refractivity contribution in [3.05, 3.63) is 53.5 Å². The topological polar surface area (TPSA) is 62.0 Å². The summed E-state index contributed by atoms with van der Waals surface area (Å²) in [6.45, 7) is 1.47. The van der Waals surface area contributed by atoms with Gasteiger partial charge in [-0.1, -0.05) is 6.08 Å². The van der Waals surface area contributed by atoms with Gasteiger partial charge in [0.1, 0.15) is 11.9 Å². The fourth-order valence-corrected chi connectivity index (χ4v) is 1.82. The van der Waals surface area contributed by atoms with Crippen LogP contribution in [0, 0.1) is 11.3 Å². The van der Waals surface area contributed by atoms with Gasteiger partial charge < -0.3 is 9.64 Å². The van der Waals surface area contributed by atoms with E-state index in [1.807, 2.05) is 54.6 Å². The number of hydrogen-bond donors (Lipinski definition) is 0. The second-order valence-corrected chi connectivity index (χ2v) is 4.78. The zero-order chi connectivity index (χ0) is 15.8. The van der Waals surface area contributed by atoms with Crippen LogP contribution in [0.15, 0.2) is 36.7 Å². The van der Waals surface area contributed by atoms with E-state index in [-0.39, 0.29) is 0 Å². The van der Waals surface area contributed by atoms with Crippen LogP contribution in [-0.4, -0.2) is 37.3 Å². The molecule has 0 aliphatic carbocycles. The van der Waals surface area contributed by atoms with Crippen LogP contribution in [-0.2, 0) is 4.74 Å². The van der Waals surface area contributed by atoms with E-state index in [4.69, 9.17) is 10.00 Å². The summed E-state index contributed by atoms with van der Waals surface area (Å²) in [7, 11) is 3.67. The smallest absolute Gasteiger partial charge is 0.128 e. The molecule has 0 aliphatic heterocycles. The average molecular weight is 294 g/mol. The molecule has 0 bridgehead atoms. The summed E-state index contributed by atoms with van der Waals surface area (Å²) < 4.78 is 5.05. The largest absolute Gasteiger partial charge is 0.383 e. The molecule has 0 saturated carbocycles. The SMILES string of the molecule is COCCN(C)c1ccc(/C=C/c2ccc(C#N)cn2)cn1. The highest BCUT2D eigenvalue weighted by molar-refractivity contribution is 5.68. The van der Waals surface area contributed by atoms with Gasteiger partial charge in [0.05, 0.1) is 17.9 Å². The molecular weight excluding hydrogens is 276 g/mol. The zero-order valence-corrected chi connectivity index (χ0v) is 12.7. The van der Waals surface area contributed by atoms with Crippen molar-refractivity contribution in [2.24, 2.45) is 0 Å². The van der Waals surface area contributed by atoms with E-state index in [0.717, 1.165) is 23.6 Å². The van der Waals surface area contributed by atoms with E-state index in [1.165, 1.54) is 0 Å². The van der Waals surface area contributed by atoms with Gasteiger partial charge in [-0.05, 0) is 35.9 Å². The number of hydrogen-bond acceptors (Lipinski definition) is 5. The van der Waals surface area contributed by atoms with Gasteiger partial charge in [0, 0.05) is 33.1 Å². The van der Waals surface area contributed by atoms with Crippen LogP contribution in [0.4, 0.5) is 5.82 Å². The first kappa shape index (κ1) is 15.7. The molecule has 0 N–H and O–H groups in total. The second kappa shape index (κ2) is 7.91. The Morgan fingerprint density at radius 3 is 2.64 bits per heavy atom. The molecule has 0 fully saturated rings. The van der Waals surface area contributed by atoms with Crippen molar-refractivity contribution in [3.63, 3.8) is 0 Å². The molecule has 2 rings (SSSR count). The van der Waals surface area contributed by atoms with Gasteiger partial charge in [0.25, 0.3) is 0 Å². The van der Waals surface area contributed by atoms with E-state index in [1.54, 1.807) is 19.4 Å². The zero-order valence-electron chi connectivity index (χ0n) is 12.7. The van der Waals surface area contributed by atoms with Crippen LogP contribution < -0.4 is 4.90 Å². The molecule has 2 heterocycles. The Labute approximate surface area is 130 Å². The molecule has 0 saturated heterocycles. The third kappa shape index (κ3) is 4.40. The third-order valence-electron chi connectivity index (χ3n) is 3.15.